The molecule has 3 heteroatoms. The molecule has 2 aromatic rings. The van der Waals surface area contributed by atoms with Gasteiger partial charge in [-0.3, -0.25) is 0 Å². The van der Waals surface area contributed by atoms with E-state index in [9.17, 15) is 5.11 Å². The number of hydrogen-bond acceptors (Lipinski definition) is 2. The molecule has 2 nitrogen and oxygen atoms in total. The molecule has 0 fully saturated rings. The number of phenolic OH excluding ortho intramolecular Hbond substituents is 1. The Bertz CT molecular complexity index is 570. The minimum Gasteiger partial charge on any atom is -0.508 e. The maximum atomic E-state index is 9.52. The van der Waals surface area contributed by atoms with E-state index in [0.29, 0.717) is 11.8 Å². The van der Waals surface area contributed by atoms with Crippen LogP contribution in [0.2, 0.25) is 5.02 Å². The monoisotopic (exact) mass is 289 g/mol. The fraction of sp³-hybridized carbons (Fsp3) is 0.294. The van der Waals surface area contributed by atoms with E-state index in [2.05, 4.69) is 25.2 Å². The lowest BCUT2D eigenvalue weighted by Gasteiger charge is -2.21. The van der Waals surface area contributed by atoms with Gasteiger partial charge in [0.1, 0.15) is 5.75 Å². The summed E-state index contributed by atoms with van der Waals surface area (Å²) in [5, 5.41) is 13.9. The van der Waals surface area contributed by atoms with Crippen LogP contribution >= 0.6 is 11.6 Å². The van der Waals surface area contributed by atoms with E-state index in [1.807, 2.05) is 30.3 Å². The first-order valence-corrected chi connectivity index (χ1v) is 7.22. The third-order valence-corrected chi connectivity index (χ3v) is 3.76. The molecule has 0 radical (unpaired) electrons. The molecule has 2 atom stereocenters. The summed E-state index contributed by atoms with van der Waals surface area (Å²) in [6.45, 7) is 4.24. The molecule has 106 valence electrons. The fourth-order valence-corrected chi connectivity index (χ4v) is 2.58. The molecule has 0 bridgehead atoms. The van der Waals surface area contributed by atoms with Gasteiger partial charge in [0.2, 0.25) is 0 Å². The van der Waals surface area contributed by atoms with Gasteiger partial charge in [-0.1, -0.05) is 41.9 Å². The van der Waals surface area contributed by atoms with Crippen molar-refractivity contribution in [2.75, 3.05) is 0 Å². The van der Waals surface area contributed by atoms with Gasteiger partial charge in [-0.25, -0.2) is 0 Å². The van der Waals surface area contributed by atoms with E-state index in [0.717, 1.165) is 22.6 Å². The van der Waals surface area contributed by atoms with Crippen LogP contribution in [0.3, 0.4) is 0 Å². The molecule has 0 aliphatic rings. The molecule has 2 unspecified atom stereocenters. The van der Waals surface area contributed by atoms with E-state index in [1.54, 1.807) is 12.1 Å². The molecule has 0 aromatic heterocycles. The highest BCUT2D eigenvalue weighted by Crippen LogP contribution is 2.20. The second-order valence-electron chi connectivity index (χ2n) is 5.18. The number of rotatable bonds is 5. The largest absolute Gasteiger partial charge is 0.508 e. The highest BCUT2D eigenvalue weighted by molar-refractivity contribution is 6.31. The molecule has 0 amide bonds. The van der Waals surface area contributed by atoms with Crippen LogP contribution in [0.1, 0.15) is 31.0 Å². The molecule has 0 saturated carbocycles. The average molecular weight is 290 g/mol. The van der Waals surface area contributed by atoms with Gasteiger partial charge < -0.3 is 10.4 Å². The summed E-state index contributed by atoms with van der Waals surface area (Å²) in [6, 6.07) is 15.8. The molecule has 0 saturated heterocycles. The van der Waals surface area contributed by atoms with Crippen molar-refractivity contribution in [3.05, 3.63) is 64.7 Å². The molecular formula is C17H20ClNO. The zero-order valence-electron chi connectivity index (χ0n) is 11.8. The Labute approximate surface area is 125 Å². The summed E-state index contributed by atoms with van der Waals surface area (Å²) in [7, 11) is 0. The molecule has 0 heterocycles. The summed E-state index contributed by atoms with van der Waals surface area (Å²) in [5.74, 6) is 0.301. The van der Waals surface area contributed by atoms with Crippen molar-refractivity contribution < 1.29 is 5.11 Å². The predicted molar refractivity (Wildman–Crippen MR) is 84.3 cm³/mol. The average Bonchev–Trinajstić information content (AvgIpc) is 2.41. The Balaban J connectivity index is 1.98. The second-order valence-corrected chi connectivity index (χ2v) is 5.59. The normalized spacial score (nSPS) is 13.9. The van der Waals surface area contributed by atoms with Gasteiger partial charge in [0.05, 0.1) is 0 Å². The standard InChI is InChI=1S/C17H20ClNO/c1-12(10-15-6-3-4-9-17(15)18)19-13(2)14-7-5-8-16(20)11-14/h3-9,11-13,19-20H,10H2,1-2H3. The lowest BCUT2D eigenvalue weighted by atomic mass is 10.0. The first kappa shape index (κ1) is 14.9. The van der Waals surface area contributed by atoms with Gasteiger partial charge in [0, 0.05) is 17.1 Å². The zero-order chi connectivity index (χ0) is 14.5. The van der Waals surface area contributed by atoms with Crippen molar-refractivity contribution in [3.63, 3.8) is 0 Å². The summed E-state index contributed by atoms with van der Waals surface area (Å²) in [6.07, 6.45) is 0.878. The Morgan fingerprint density at radius 3 is 2.55 bits per heavy atom. The zero-order valence-corrected chi connectivity index (χ0v) is 12.6. The maximum Gasteiger partial charge on any atom is 0.115 e. The van der Waals surface area contributed by atoms with Crippen LogP contribution in [-0.4, -0.2) is 11.1 Å². The Hall–Kier alpha value is -1.51. The van der Waals surface area contributed by atoms with Crippen molar-refractivity contribution in [2.24, 2.45) is 0 Å². The fourth-order valence-electron chi connectivity index (χ4n) is 2.37. The van der Waals surface area contributed by atoms with E-state index in [-0.39, 0.29) is 6.04 Å². The number of aromatic hydroxyl groups is 1. The van der Waals surface area contributed by atoms with E-state index in [4.69, 9.17) is 11.6 Å². The third-order valence-electron chi connectivity index (χ3n) is 3.39. The lowest BCUT2D eigenvalue weighted by Crippen LogP contribution is -2.30. The molecule has 20 heavy (non-hydrogen) atoms. The van der Waals surface area contributed by atoms with Crippen LogP contribution in [0.25, 0.3) is 0 Å². The van der Waals surface area contributed by atoms with Crippen molar-refractivity contribution in [2.45, 2.75) is 32.4 Å². The van der Waals surface area contributed by atoms with E-state index in [1.165, 1.54) is 0 Å². The van der Waals surface area contributed by atoms with Gasteiger partial charge in [-0.15, -0.1) is 0 Å². The number of nitrogens with one attached hydrogen (secondary N) is 1. The maximum absolute atomic E-state index is 9.52. The molecule has 2 aromatic carbocycles. The molecule has 0 aliphatic heterocycles. The number of phenols is 1. The van der Waals surface area contributed by atoms with Crippen molar-refractivity contribution in [1.82, 2.24) is 5.32 Å². The number of halogens is 1. The quantitative estimate of drug-likeness (QED) is 0.859. The second kappa shape index (κ2) is 6.78. The van der Waals surface area contributed by atoms with Crippen molar-refractivity contribution in [1.29, 1.82) is 0 Å². The molecule has 2 rings (SSSR count). The van der Waals surface area contributed by atoms with E-state index >= 15 is 0 Å². The first-order valence-electron chi connectivity index (χ1n) is 6.84. The van der Waals surface area contributed by atoms with Crippen LogP contribution in [-0.2, 0) is 6.42 Å². The number of hydrogen-bond donors (Lipinski definition) is 2. The highest BCUT2D eigenvalue weighted by Gasteiger charge is 2.11. The molecule has 0 spiro atoms. The first-order chi connectivity index (χ1) is 9.56. The minimum atomic E-state index is 0.180. The van der Waals surface area contributed by atoms with Crippen LogP contribution in [0.15, 0.2) is 48.5 Å². The van der Waals surface area contributed by atoms with E-state index < -0.39 is 0 Å². The smallest absolute Gasteiger partial charge is 0.115 e. The summed E-state index contributed by atoms with van der Waals surface area (Å²) >= 11 is 6.18. The topological polar surface area (TPSA) is 32.3 Å². The Kier molecular flexibility index (Phi) is 5.05. The van der Waals surface area contributed by atoms with Gasteiger partial charge in [-0.2, -0.15) is 0 Å². The van der Waals surface area contributed by atoms with Crippen molar-refractivity contribution >= 4 is 11.6 Å². The minimum absolute atomic E-state index is 0.180. The van der Waals surface area contributed by atoms with Gasteiger partial charge in [-0.05, 0) is 49.6 Å². The molecular weight excluding hydrogens is 270 g/mol. The third kappa shape index (κ3) is 3.99. The molecule has 0 aliphatic carbocycles. The lowest BCUT2D eigenvalue weighted by molar-refractivity contribution is 0.461. The molecule has 2 N–H and O–H groups in total. The van der Waals surface area contributed by atoms with Crippen LogP contribution in [0, 0.1) is 0 Å². The van der Waals surface area contributed by atoms with Gasteiger partial charge in [0.25, 0.3) is 0 Å². The summed E-state index contributed by atoms with van der Waals surface area (Å²) < 4.78 is 0. The van der Waals surface area contributed by atoms with Crippen LogP contribution in [0.5, 0.6) is 5.75 Å². The summed E-state index contributed by atoms with van der Waals surface area (Å²) in [4.78, 5) is 0. The summed E-state index contributed by atoms with van der Waals surface area (Å²) in [5.41, 5.74) is 2.23. The Morgan fingerprint density at radius 1 is 1.10 bits per heavy atom. The SMILES string of the molecule is CC(Cc1ccccc1Cl)NC(C)c1cccc(O)c1. The van der Waals surface area contributed by atoms with Crippen LogP contribution < -0.4 is 5.32 Å². The van der Waals surface area contributed by atoms with Crippen molar-refractivity contribution in [3.8, 4) is 5.75 Å². The highest BCUT2D eigenvalue weighted by atomic mass is 35.5. The Morgan fingerprint density at radius 2 is 1.85 bits per heavy atom. The van der Waals surface area contributed by atoms with Gasteiger partial charge >= 0.3 is 0 Å². The van der Waals surface area contributed by atoms with Gasteiger partial charge in [0.15, 0.2) is 0 Å². The number of benzene rings is 2. The predicted octanol–water partition coefficient (Wildman–Crippen LogP) is 4.33. The van der Waals surface area contributed by atoms with Crippen LogP contribution in [0.4, 0.5) is 0 Å².